The molecule has 9 aromatic heterocycles. The number of cyclic esters (lactones) is 1. The molecule has 0 bridgehead atoms. The molecule has 1 saturated carbocycles. The molecule has 131 heavy (non-hydrogen) atoms. The zero-order chi connectivity index (χ0) is 91.3. The molecule has 18 rings (SSSR count). The number of hydrogen-bond donors (Lipinski definition) is 6. The molecule has 11 heterocycles. The van der Waals surface area contributed by atoms with Gasteiger partial charge in [-0.05, 0) is 161 Å². The number of nitrogens with one attached hydrogen (secondary N) is 6. The number of ether oxygens (including phenoxy) is 2. The summed E-state index contributed by atoms with van der Waals surface area (Å²) in [6, 6.07) is 54.2. The Morgan fingerprint density at radius 2 is 0.924 bits per heavy atom. The molecule has 656 valence electrons. The maximum Gasteiger partial charge on any atom is 0.306 e. The predicted molar refractivity (Wildman–Crippen MR) is 494 cm³/mol. The fraction of sp³-hybridized carbons (Fsp3) is 0.228. The molecular weight excluding hydrogens is 1660 g/mol. The smallest absolute Gasteiger partial charge is 0.306 e. The van der Waals surface area contributed by atoms with Crippen molar-refractivity contribution in [2.75, 3.05) is 26.2 Å². The van der Waals surface area contributed by atoms with Crippen LogP contribution in [0.2, 0.25) is 0 Å². The number of nitrogens with zero attached hydrogens (tertiary/aromatic N) is 12. The van der Waals surface area contributed by atoms with Crippen LogP contribution >= 0.6 is 0 Å². The van der Waals surface area contributed by atoms with Gasteiger partial charge in [0.2, 0.25) is 11.8 Å². The van der Waals surface area contributed by atoms with Crippen LogP contribution in [0, 0.1) is 55.3 Å². The highest BCUT2D eigenvalue weighted by Gasteiger charge is 2.32. The molecule has 0 radical (unpaired) electrons. The number of Topliss-reactive ketones (excluding diaryl/α,β-unsaturated/α-hetero) is 1. The number of ketones is 1. The van der Waals surface area contributed by atoms with Gasteiger partial charge >= 0.3 is 5.97 Å². The lowest BCUT2D eigenvalue weighted by molar-refractivity contribution is -0.148. The third-order valence-corrected chi connectivity index (χ3v) is 22.8. The molecule has 1 unspecified atom stereocenters. The van der Waals surface area contributed by atoms with E-state index in [1.165, 1.54) is 0 Å². The van der Waals surface area contributed by atoms with Gasteiger partial charge in [0.25, 0.3) is 34.4 Å². The third kappa shape index (κ3) is 19.3. The van der Waals surface area contributed by atoms with Gasteiger partial charge in [0.1, 0.15) is 23.0 Å². The Balaban J connectivity index is 0.000000144. The van der Waals surface area contributed by atoms with Crippen molar-refractivity contribution in [3.63, 3.8) is 0 Å². The van der Waals surface area contributed by atoms with E-state index in [-0.39, 0.29) is 102 Å². The van der Waals surface area contributed by atoms with E-state index in [1.54, 1.807) is 103 Å². The lowest BCUT2D eigenvalue weighted by Gasteiger charge is -2.22. The summed E-state index contributed by atoms with van der Waals surface area (Å²) in [5, 5.41) is 34.6. The summed E-state index contributed by atoms with van der Waals surface area (Å²) in [6.07, 6.45) is 14.7. The summed E-state index contributed by atoms with van der Waals surface area (Å²) >= 11 is 0. The van der Waals surface area contributed by atoms with E-state index in [2.05, 4.69) is 104 Å². The highest BCUT2D eigenvalue weighted by molar-refractivity contribution is 6.02. The fourth-order valence-electron chi connectivity index (χ4n) is 16.5. The first kappa shape index (κ1) is 87.9. The third-order valence-electron chi connectivity index (χ3n) is 22.8. The number of para-hydroxylation sites is 3. The second-order valence-corrected chi connectivity index (χ2v) is 31.7. The van der Waals surface area contributed by atoms with Crippen LogP contribution in [-0.4, -0.2) is 137 Å². The van der Waals surface area contributed by atoms with Crippen LogP contribution in [0.1, 0.15) is 162 Å². The van der Waals surface area contributed by atoms with Gasteiger partial charge in [-0.1, -0.05) is 133 Å². The van der Waals surface area contributed by atoms with Crippen LogP contribution in [0.4, 0.5) is 0 Å². The minimum atomic E-state index is -0.748. The summed E-state index contributed by atoms with van der Waals surface area (Å²) < 4.78 is 20.2. The van der Waals surface area contributed by atoms with Crippen molar-refractivity contribution in [1.29, 1.82) is 0 Å². The Hall–Kier alpha value is -16.5. The first-order valence-corrected chi connectivity index (χ1v) is 42.9. The van der Waals surface area contributed by atoms with Gasteiger partial charge in [-0.2, -0.15) is 15.3 Å². The van der Waals surface area contributed by atoms with Crippen molar-refractivity contribution in [3.05, 3.63) is 325 Å². The lowest BCUT2D eigenvalue weighted by atomic mass is 10.0. The van der Waals surface area contributed by atoms with E-state index >= 15 is 0 Å². The van der Waals surface area contributed by atoms with Crippen molar-refractivity contribution >= 4 is 96.2 Å². The largest absolute Gasteiger partial charge is 0.452 e. The Morgan fingerprint density at radius 3 is 1.37 bits per heavy atom. The molecule has 1 aliphatic carbocycles. The molecular formula is C101H90N18O12. The number of amides is 5. The van der Waals surface area contributed by atoms with Gasteiger partial charge in [0.15, 0.2) is 23.0 Å². The topological polar surface area (TPSA) is 367 Å². The van der Waals surface area contributed by atoms with Crippen molar-refractivity contribution in [2.24, 2.45) is 5.92 Å². The molecule has 3 aliphatic rings. The van der Waals surface area contributed by atoms with Crippen LogP contribution in [-0.2, 0) is 33.4 Å². The quantitative estimate of drug-likeness (QED) is 0.0234. The lowest BCUT2D eigenvalue weighted by Crippen LogP contribution is -2.34. The van der Waals surface area contributed by atoms with E-state index in [9.17, 15) is 47.9 Å². The number of carbonyl (C=O) groups is 7. The maximum atomic E-state index is 14.2. The summed E-state index contributed by atoms with van der Waals surface area (Å²) in [5.74, 6) is 16.3. The first-order chi connectivity index (χ1) is 63.6. The highest BCUT2D eigenvalue weighted by Crippen LogP contribution is 2.31. The highest BCUT2D eigenvalue weighted by atomic mass is 16.6. The van der Waals surface area contributed by atoms with E-state index in [0.717, 1.165) is 35.2 Å². The molecule has 2 saturated heterocycles. The number of benzene rings is 6. The van der Waals surface area contributed by atoms with Gasteiger partial charge in [-0.3, -0.25) is 61.6 Å². The minimum Gasteiger partial charge on any atom is -0.452 e. The van der Waals surface area contributed by atoms with E-state index in [1.807, 2.05) is 185 Å². The molecule has 30 heteroatoms. The van der Waals surface area contributed by atoms with Gasteiger partial charge in [0.05, 0.1) is 70.5 Å². The Kier molecular flexibility index (Phi) is 26.6. The average molecular weight is 1750 g/mol. The van der Waals surface area contributed by atoms with Crippen LogP contribution in [0.5, 0.6) is 0 Å². The zero-order valence-electron chi connectivity index (χ0n) is 72.3. The van der Waals surface area contributed by atoms with Crippen LogP contribution < -0.4 is 48.6 Å². The second kappa shape index (κ2) is 39.6. The van der Waals surface area contributed by atoms with Crippen LogP contribution in [0.15, 0.2) is 246 Å². The summed E-state index contributed by atoms with van der Waals surface area (Å²) in [5.41, 5.74) is 9.76. The standard InChI is InChI=1S/C34H30N6O5.C34H30N6O4.C33H30N6O3/c1-21(37-33(43)29-22(2)38-39-19-9-18-35-31(29)39)26-20-24-12-8-11-23(30(24)34(44)40(26)25-13-4-3-5-14-25)10-6-7-17-36-32(42)27-15-16-28(41)45-27;1-21(37-33(43)29-22(2)38-39-18-8-17-35-31(29)39)28-20-24-10-6-9-23(11-7-16-36-32(42)25-14-15-27(41)19-25)30(24)34(44)40(28)26-12-4-3-5-13-26;1-22(27-21-36-38-18-9-17-34-31(27)38)37-23(2)28-20-25-11-6-10-24(12-7-16-35-32(40)29-15-8-19-42-29)30(25)33(41)39(28)26-13-4-3-5-14-26/h3-5,8-9,11-14,18-21,27H,7,15-17H2,1-2H3,(H,36,42)(H,37,43);3-6,8-10,12-13,17-18,20-21,25H,14-16,19H2,1-2H3,(H,36,42)(H,37,43);3-6,9-11,13-14,17-18,20-21,23,29,37H,1,8,15-16,19H2,2H3,(H,35,40)/t21-,27+;21-,25?;23-,29-/m000/s1. The van der Waals surface area contributed by atoms with E-state index in [0.29, 0.717) is 144 Å². The normalized spacial score (nSPS) is 15.1. The van der Waals surface area contributed by atoms with E-state index < -0.39 is 24.3 Å². The molecule has 6 atom stereocenters. The fourth-order valence-corrected chi connectivity index (χ4v) is 16.5. The van der Waals surface area contributed by atoms with Gasteiger partial charge < -0.3 is 41.4 Å². The summed E-state index contributed by atoms with van der Waals surface area (Å²) in [4.78, 5) is 142. The number of aromatic nitrogens is 12. The molecule has 2 aliphatic heterocycles. The number of aryl methyl sites for hydroxylation is 2. The van der Waals surface area contributed by atoms with Crippen molar-refractivity contribution in [3.8, 4) is 52.6 Å². The van der Waals surface area contributed by atoms with Crippen LogP contribution in [0.25, 0.3) is 72.0 Å². The number of esters is 1. The molecule has 0 spiro atoms. The van der Waals surface area contributed by atoms with Crippen LogP contribution in [0.3, 0.4) is 0 Å². The maximum absolute atomic E-state index is 14.2. The molecule has 6 aromatic carbocycles. The molecule has 30 nitrogen and oxygen atoms in total. The number of rotatable bonds is 20. The number of carbonyl (C=O) groups excluding carboxylic acids is 7. The number of pyridine rings is 3. The molecule has 6 N–H and O–H groups in total. The Bertz CT molecular complexity index is 7420. The SMILES string of the molecule is C=C(N[C@@H](C)c1cc2cccc(C#CCNC(=O)[C@@H]3CCCO3)c2c(=O)n1-c1ccccc1)c1cnn2cccnc12.Cc1nn2cccnc2c1C(=O)N[C@@H](C)c1cc2cccc(C#CCCNC(=O)[C@H]3CCC(=O)O3)c2c(=O)n1-c1ccccc1.Cc1nn2cccnc2c1C(=O)N[C@@H](C)c1cc2cccc(C#CCNC(=O)C3CCC(=O)C3)c2c(=O)n1-c1ccccc1. The van der Waals surface area contributed by atoms with Gasteiger partial charge in [-0.25, -0.2) is 28.5 Å². The average Bonchev–Trinajstić information content (AvgIpc) is 1.75. The summed E-state index contributed by atoms with van der Waals surface area (Å²) in [6.45, 7) is 14.6. The molecule has 15 aromatic rings. The summed E-state index contributed by atoms with van der Waals surface area (Å²) in [7, 11) is 0. The monoisotopic (exact) mass is 1750 g/mol. The van der Waals surface area contributed by atoms with Gasteiger partial charge in [-0.15, -0.1) is 0 Å². The Morgan fingerprint density at radius 1 is 0.481 bits per heavy atom. The zero-order valence-corrected chi connectivity index (χ0v) is 72.3. The number of fused-ring (bicyclic) bond motifs is 6. The second-order valence-electron chi connectivity index (χ2n) is 31.7. The Labute approximate surface area is 750 Å². The predicted octanol–water partition coefficient (Wildman–Crippen LogP) is 11.1. The molecule has 3 fully saturated rings. The van der Waals surface area contributed by atoms with E-state index in [4.69, 9.17) is 9.47 Å². The van der Waals surface area contributed by atoms with Crippen molar-refractivity contribution in [2.45, 2.75) is 116 Å². The first-order valence-electron chi connectivity index (χ1n) is 42.9. The number of hydrogen-bond acceptors (Lipinski definition) is 19. The van der Waals surface area contributed by atoms with Gasteiger partial charge in [0, 0.05) is 145 Å². The van der Waals surface area contributed by atoms with Crippen molar-refractivity contribution in [1.82, 2.24) is 89.4 Å². The minimum absolute atomic E-state index is 0.103. The molecule has 5 amide bonds. The van der Waals surface area contributed by atoms with Crippen molar-refractivity contribution < 1.29 is 43.0 Å².